The summed E-state index contributed by atoms with van der Waals surface area (Å²) in [7, 11) is 0. The van der Waals surface area contributed by atoms with E-state index in [1.54, 1.807) is 0 Å². The van der Waals surface area contributed by atoms with E-state index in [4.69, 9.17) is 42.6 Å². The molecule has 2 aliphatic heterocycles. The highest BCUT2D eigenvalue weighted by atomic mass is 16.7. The maximum Gasteiger partial charge on any atom is 0.340 e. The molecule has 1 spiro atoms. The molecular weight excluding hydrogens is 774 g/mol. The molecule has 4 aliphatic rings. The smallest absolute Gasteiger partial charge is 0.340 e. The zero-order valence-corrected chi connectivity index (χ0v) is 33.4. The zero-order chi connectivity index (χ0) is 43.3. The first kappa shape index (κ1) is 43.9. The van der Waals surface area contributed by atoms with Crippen molar-refractivity contribution in [2.75, 3.05) is 13.2 Å². The first-order valence-electron chi connectivity index (χ1n) is 18.3. The van der Waals surface area contributed by atoms with Gasteiger partial charge >= 0.3 is 47.8 Å². The topological polar surface area (TPSA) is 273 Å². The lowest BCUT2D eigenvalue weighted by molar-refractivity contribution is -0.387. The van der Waals surface area contributed by atoms with Gasteiger partial charge in [0.25, 0.3) is 0 Å². The normalized spacial score (nSPS) is 37.9. The second kappa shape index (κ2) is 15.5. The van der Waals surface area contributed by atoms with E-state index in [0.717, 1.165) is 55.4 Å². The number of aliphatic hydroxyl groups is 2. The second-order valence-electron chi connectivity index (χ2n) is 15.6. The monoisotopic (exact) mass is 821 g/mol. The van der Waals surface area contributed by atoms with E-state index in [1.807, 2.05) is 0 Å². The van der Waals surface area contributed by atoms with Crippen LogP contribution in [0, 0.1) is 11.3 Å². The Bertz CT molecular complexity index is 1890. The summed E-state index contributed by atoms with van der Waals surface area (Å²) in [5.74, 6) is -10.4. The lowest BCUT2D eigenvalue weighted by atomic mass is 9.45. The number of aromatic nitrogens is 1. The highest BCUT2D eigenvalue weighted by Gasteiger charge is 2.92. The van der Waals surface area contributed by atoms with Gasteiger partial charge < -0.3 is 52.8 Å². The maximum absolute atomic E-state index is 14.2. The fourth-order valence-corrected chi connectivity index (χ4v) is 9.15. The Morgan fingerprint density at radius 1 is 0.776 bits per heavy atom. The fourth-order valence-electron chi connectivity index (χ4n) is 9.15. The molecule has 0 radical (unpaired) electrons. The fraction of sp³-hybridized carbons (Fsp3) is 0.658. The van der Waals surface area contributed by atoms with E-state index in [2.05, 4.69) is 4.98 Å². The van der Waals surface area contributed by atoms with Gasteiger partial charge in [0.15, 0.2) is 35.6 Å². The van der Waals surface area contributed by atoms with E-state index in [9.17, 15) is 48.6 Å². The summed E-state index contributed by atoms with van der Waals surface area (Å²) in [4.78, 5) is 111. The van der Waals surface area contributed by atoms with E-state index in [0.29, 0.717) is 0 Å². The molecule has 1 saturated heterocycles. The summed E-state index contributed by atoms with van der Waals surface area (Å²) in [5, 5.41) is 25.0. The van der Waals surface area contributed by atoms with Crippen LogP contribution >= 0.6 is 0 Å². The van der Waals surface area contributed by atoms with Gasteiger partial charge in [-0.25, -0.2) is 9.59 Å². The van der Waals surface area contributed by atoms with Crippen molar-refractivity contribution in [3.05, 3.63) is 29.6 Å². The minimum absolute atomic E-state index is 0.0880. The third kappa shape index (κ3) is 7.25. The molecule has 1 aromatic rings. The van der Waals surface area contributed by atoms with Crippen LogP contribution in [0.3, 0.4) is 0 Å². The predicted octanol–water partition coefficient (Wildman–Crippen LogP) is -0.0225. The van der Waals surface area contributed by atoms with Gasteiger partial charge in [-0.2, -0.15) is 0 Å². The molecule has 58 heavy (non-hydrogen) atoms. The first-order chi connectivity index (χ1) is 26.9. The summed E-state index contributed by atoms with van der Waals surface area (Å²) in [6.07, 6.45) is -11.7. The van der Waals surface area contributed by atoms with E-state index >= 15 is 0 Å². The Hall–Kier alpha value is -5.21. The van der Waals surface area contributed by atoms with Crippen molar-refractivity contribution in [1.82, 2.24) is 4.98 Å². The highest BCUT2D eigenvalue weighted by molar-refractivity contribution is 5.90. The van der Waals surface area contributed by atoms with Gasteiger partial charge in [0.1, 0.15) is 42.0 Å². The Labute approximate surface area is 332 Å². The summed E-state index contributed by atoms with van der Waals surface area (Å²) in [5.41, 5.74) is -12.9. The number of hydrogen-bond donors (Lipinski definition) is 2. The third-order valence-electron chi connectivity index (χ3n) is 11.2. The number of pyridine rings is 1. The van der Waals surface area contributed by atoms with Crippen LogP contribution in [-0.2, 0) is 82.6 Å². The van der Waals surface area contributed by atoms with Crippen LogP contribution in [-0.4, -0.2) is 135 Å². The molecule has 0 aromatic carbocycles. The quantitative estimate of drug-likeness (QED) is 0.270. The van der Waals surface area contributed by atoms with Crippen molar-refractivity contribution >= 4 is 47.8 Å². The van der Waals surface area contributed by atoms with Crippen LogP contribution in [0.1, 0.15) is 84.8 Å². The first-order valence-corrected chi connectivity index (χ1v) is 18.3. The van der Waals surface area contributed by atoms with Crippen molar-refractivity contribution in [2.24, 2.45) is 11.3 Å². The van der Waals surface area contributed by atoms with Crippen LogP contribution in [0.15, 0.2) is 18.3 Å². The molecular formula is C38H47NO19. The van der Waals surface area contributed by atoms with Gasteiger partial charge in [-0.1, -0.05) is 0 Å². The molecule has 0 unspecified atom stereocenters. The number of hydrogen-bond acceptors (Lipinski definition) is 20. The molecule has 2 saturated carbocycles. The molecule has 3 heterocycles. The van der Waals surface area contributed by atoms with Gasteiger partial charge in [-0.3, -0.25) is 33.8 Å². The van der Waals surface area contributed by atoms with Crippen molar-refractivity contribution in [3.8, 4) is 0 Å². The second-order valence-corrected chi connectivity index (χ2v) is 15.6. The van der Waals surface area contributed by atoms with Gasteiger partial charge in [0.2, 0.25) is 0 Å². The number of ether oxygens (including phenoxy) is 9. The van der Waals surface area contributed by atoms with Crippen molar-refractivity contribution in [1.29, 1.82) is 0 Å². The minimum atomic E-state index is -2.93. The number of carbonyl (C=O) groups is 8. The number of fused-ring (bicyclic) bond motifs is 5. The van der Waals surface area contributed by atoms with Gasteiger partial charge in [-0.05, 0) is 45.7 Å². The Morgan fingerprint density at radius 3 is 1.86 bits per heavy atom. The molecule has 2 N–H and O–H groups in total. The summed E-state index contributed by atoms with van der Waals surface area (Å²) < 4.78 is 53.8. The van der Waals surface area contributed by atoms with Crippen LogP contribution in [0.5, 0.6) is 0 Å². The largest absolute Gasteiger partial charge is 0.465 e. The molecule has 4 bridgehead atoms. The molecule has 12 atom stereocenters. The minimum Gasteiger partial charge on any atom is -0.465 e. The van der Waals surface area contributed by atoms with Gasteiger partial charge in [-0.15, -0.1) is 0 Å². The van der Waals surface area contributed by atoms with Crippen LogP contribution in [0.4, 0.5) is 0 Å². The number of cyclic esters (lactones) is 1. The van der Waals surface area contributed by atoms with Crippen LogP contribution < -0.4 is 0 Å². The SMILES string of the molecule is CC(=O)OC[C@]12[C@H](OC(C)=O)[C@H](OC(C)=O)[C@H]3[C@@H](OC(C)=O)[C@]14O[C@@]3(C)COC(=O)c1cccnc1CC[C@](C)(O)C(=O)O[C@@H]([C@H](OC(C)=O)[C@@H]2OC(C)=O)[C@]4(C)O. The number of esters is 8. The third-order valence-corrected chi connectivity index (χ3v) is 11.2. The summed E-state index contributed by atoms with van der Waals surface area (Å²) >= 11 is 0. The van der Waals surface area contributed by atoms with Crippen LogP contribution in [0.2, 0.25) is 0 Å². The number of nitrogens with zero attached hydrogens (tertiary/aromatic N) is 1. The lowest BCUT2D eigenvalue weighted by Crippen LogP contribution is -2.89. The van der Waals surface area contributed by atoms with Crippen molar-refractivity contribution in [2.45, 2.75) is 134 Å². The molecule has 1 aromatic heterocycles. The van der Waals surface area contributed by atoms with Crippen molar-refractivity contribution < 1.29 is 91.2 Å². The molecule has 20 nitrogen and oxygen atoms in total. The molecule has 20 heteroatoms. The predicted molar refractivity (Wildman–Crippen MR) is 187 cm³/mol. The number of aryl methyl sites for hydroxylation is 1. The molecule has 318 valence electrons. The van der Waals surface area contributed by atoms with Gasteiger partial charge in [0.05, 0.1) is 17.2 Å². The standard InChI is InChI=1S/C38H47NO19/c1-17(40)50-16-37-30(55-21(5)44)26(52-18(2)41)25-28(54-20(4)43)38(37)36(9,49)29(27(53-19(3)42)31(37)56-22(6)45)57-33(47)34(7,48)13-12-24-23(11-10-14-39-24)32(46)51-15-35(25,8)58-38/h10-11,14,25-31,48-49H,12-13,15-16H2,1-9H3/t25-,26+,27-,28+,29-,30+,31-,34-,35-,36-,37+,38+/m0/s1. The van der Waals surface area contributed by atoms with Crippen LogP contribution in [0.25, 0.3) is 0 Å². The Morgan fingerprint density at radius 2 is 1.31 bits per heavy atom. The average Bonchev–Trinajstić information content (AvgIpc) is 3.32. The molecule has 2 aliphatic carbocycles. The van der Waals surface area contributed by atoms with E-state index in [1.165, 1.54) is 25.3 Å². The number of rotatable bonds is 7. The van der Waals surface area contributed by atoms with E-state index in [-0.39, 0.29) is 17.7 Å². The molecule has 0 amide bonds. The highest BCUT2D eigenvalue weighted by Crippen LogP contribution is 2.70. The Kier molecular flexibility index (Phi) is 11.7. The molecule has 5 rings (SSSR count). The summed E-state index contributed by atoms with van der Waals surface area (Å²) in [6.45, 7) is 7.30. The number of carbonyl (C=O) groups excluding carboxylic acids is 8. The molecule has 3 fully saturated rings. The zero-order valence-electron chi connectivity index (χ0n) is 33.4. The van der Waals surface area contributed by atoms with E-state index < -0.39 is 138 Å². The lowest BCUT2D eigenvalue weighted by Gasteiger charge is -2.67. The maximum atomic E-state index is 14.2. The van der Waals surface area contributed by atoms with Crippen molar-refractivity contribution in [3.63, 3.8) is 0 Å². The summed E-state index contributed by atoms with van der Waals surface area (Å²) in [6, 6.07) is 2.81. The van der Waals surface area contributed by atoms with Gasteiger partial charge in [0, 0.05) is 47.7 Å². The average molecular weight is 822 g/mol. The Balaban J connectivity index is 2.01.